The van der Waals surface area contributed by atoms with Crippen molar-refractivity contribution >= 4 is 23.0 Å². The Morgan fingerprint density at radius 2 is 1.88 bits per heavy atom. The van der Waals surface area contributed by atoms with E-state index in [4.69, 9.17) is 4.42 Å². The van der Waals surface area contributed by atoms with Gasteiger partial charge in [-0.2, -0.15) is 13.2 Å². The second kappa shape index (κ2) is 5.73. The Labute approximate surface area is 139 Å². The fraction of sp³-hybridized carbons (Fsp3) is 0.118. The van der Waals surface area contributed by atoms with Gasteiger partial charge in [-0.15, -0.1) is 0 Å². The number of nitrogens with one attached hydrogen (secondary N) is 1. The molecule has 8 heteroatoms. The zero-order chi connectivity index (χ0) is 18.4. The molecular weight excluding hydrogens is 339 g/mol. The first kappa shape index (κ1) is 16.7. The van der Waals surface area contributed by atoms with Gasteiger partial charge in [0.1, 0.15) is 0 Å². The SMILES string of the molecule is CC(=O)c1cc2c(o1)C(=O)C(Nc1cccc(C(F)(F)F)c1)=CC2=O. The zero-order valence-electron chi connectivity index (χ0n) is 12.7. The Morgan fingerprint density at radius 1 is 1.16 bits per heavy atom. The number of anilines is 1. The van der Waals surface area contributed by atoms with Crippen molar-refractivity contribution in [2.24, 2.45) is 0 Å². The summed E-state index contributed by atoms with van der Waals surface area (Å²) in [5.41, 5.74) is -1.19. The van der Waals surface area contributed by atoms with Gasteiger partial charge in [0.2, 0.25) is 5.78 Å². The molecule has 0 saturated carbocycles. The van der Waals surface area contributed by atoms with Crippen LogP contribution in [0.3, 0.4) is 0 Å². The minimum Gasteiger partial charge on any atom is -0.449 e. The number of benzene rings is 1. The number of carbonyl (C=O) groups excluding carboxylic acids is 3. The molecule has 3 rings (SSSR count). The third kappa shape index (κ3) is 3.10. The van der Waals surface area contributed by atoms with E-state index in [1.165, 1.54) is 25.1 Å². The smallest absolute Gasteiger partial charge is 0.416 e. The highest BCUT2D eigenvalue weighted by Gasteiger charge is 2.33. The van der Waals surface area contributed by atoms with Crippen molar-refractivity contribution in [2.45, 2.75) is 13.1 Å². The molecule has 0 radical (unpaired) electrons. The van der Waals surface area contributed by atoms with Crippen LogP contribution in [0.5, 0.6) is 0 Å². The van der Waals surface area contributed by atoms with Gasteiger partial charge in [-0.3, -0.25) is 14.4 Å². The predicted molar refractivity (Wildman–Crippen MR) is 80.5 cm³/mol. The minimum absolute atomic E-state index is 0.0102. The molecule has 1 aromatic heterocycles. The fourth-order valence-corrected chi connectivity index (χ4v) is 2.33. The van der Waals surface area contributed by atoms with Crippen LogP contribution in [0.25, 0.3) is 0 Å². The van der Waals surface area contributed by atoms with Crippen LogP contribution in [-0.2, 0) is 6.18 Å². The summed E-state index contributed by atoms with van der Waals surface area (Å²) in [6.45, 7) is 1.22. The van der Waals surface area contributed by atoms with Crippen LogP contribution in [0, 0.1) is 0 Å². The molecule has 1 aliphatic rings. The van der Waals surface area contributed by atoms with E-state index < -0.39 is 29.1 Å². The molecule has 0 fully saturated rings. The fourth-order valence-electron chi connectivity index (χ4n) is 2.33. The first-order chi connectivity index (χ1) is 11.7. The van der Waals surface area contributed by atoms with E-state index in [0.29, 0.717) is 0 Å². The van der Waals surface area contributed by atoms with Crippen molar-refractivity contribution < 1.29 is 32.0 Å². The molecule has 25 heavy (non-hydrogen) atoms. The average molecular weight is 349 g/mol. The average Bonchev–Trinajstić information content (AvgIpc) is 2.98. The first-order valence-corrected chi connectivity index (χ1v) is 7.06. The highest BCUT2D eigenvalue weighted by atomic mass is 19.4. The van der Waals surface area contributed by atoms with Crippen LogP contribution < -0.4 is 5.32 Å². The summed E-state index contributed by atoms with van der Waals surface area (Å²) >= 11 is 0. The molecule has 0 atom stereocenters. The van der Waals surface area contributed by atoms with E-state index in [1.54, 1.807) is 0 Å². The van der Waals surface area contributed by atoms with Gasteiger partial charge < -0.3 is 9.73 Å². The molecule has 2 aromatic rings. The molecule has 128 valence electrons. The second-order valence-electron chi connectivity index (χ2n) is 5.36. The molecule has 1 N–H and O–H groups in total. The lowest BCUT2D eigenvalue weighted by Gasteiger charge is -2.14. The number of ketones is 3. The van der Waals surface area contributed by atoms with Crippen LogP contribution in [0.2, 0.25) is 0 Å². The van der Waals surface area contributed by atoms with Crippen molar-refractivity contribution in [1.82, 2.24) is 0 Å². The number of hydrogen-bond acceptors (Lipinski definition) is 5. The van der Waals surface area contributed by atoms with Crippen molar-refractivity contribution in [1.29, 1.82) is 0 Å². The maximum absolute atomic E-state index is 12.8. The summed E-state index contributed by atoms with van der Waals surface area (Å²) in [6, 6.07) is 5.38. The molecule has 1 aromatic carbocycles. The van der Waals surface area contributed by atoms with E-state index in [-0.39, 0.29) is 28.5 Å². The summed E-state index contributed by atoms with van der Waals surface area (Å²) in [4.78, 5) is 35.8. The number of fused-ring (bicyclic) bond motifs is 1. The molecule has 1 heterocycles. The van der Waals surface area contributed by atoms with Crippen LogP contribution in [-0.4, -0.2) is 17.3 Å². The van der Waals surface area contributed by atoms with Gasteiger partial charge in [0.05, 0.1) is 16.8 Å². The monoisotopic (exact) mass is 349 g/mol. The van der Waals surface area contributed by atoms with E-state index in [9.17, 15) is 27.6 Å². The highest BCUT2D eigenvalue weighted by molar-refractivity contribution is 6.24. The first-order valence-electron chi connectivity index (χ1n) is 7.06. The largest absolute Gasteiger partial charge is 0.449 e. The summed E-state index contributed by atoms with van der Waals surface area (Å²) in [7, 11) is 0. The summed E-state index contributed by atoms with van der Waals surface area (Å²) in [6.07, 6.45) is -3.58. The number of furan rings is 1. The van der Waals surface area contributed by atoms with Crippen LogP contribution in [0.15, 0.2) is 46.5 Å². The standard InChI is InChI=1S/C17H10F3NO4/c1-8(22)14-6-11-13(23)7-12(15(24)16(11)25-14)21-10-4-2-3-9(5-10)17(18,19)20/h2-7,21H,1H3. The molecule has 0 saturated heterocycles. The third-order valence-electron chi connectivity index (χ3n) is 3.54. The summed E-state index contributed by atoms with van der Waals surface area (Å²) < 4.78 is 43.4. The normalized spacial score (nSPS) is 14.2. The van der Waals surface area contributed by atoms with Crippen molar-refractivity contribution in [3.63, 3.8) is 0 Å². The lowest BCUT2D eigenvalue weighted by molar-refractivity contribution is -0.137. The lowest BCUT2D eigenvalue weighted by atomic mass is 9.99. The zero-order valence-corrected chi connectivity index (χ0v) is 12.7. The van der Waals surface area contributed by atoms with Crippen LogP contribution in [0.4, 0.5) is 18.9 Å². The number of rotatable bonds is 3. The van der Waals surface area contributed by atoms with E-state index >= 15 is 0 Å². The third-order valence-corrected chi connectivity index (χ3v) is 3.54. The van der Waals surface area contributed by atoms with Gasteiger partial charge in [0.15, 0.2) is 23.1 Å². The summed E-state index contributed by atoms with van der Waals surface area (Å²) in [5.74, 6) is -2.21. The molecule has 0 bridgehead atoms. The Hall–Kier alpha value is -3.16. The van der Waals surface area contributed by atoms with E-state index in [0.717, 1.165) is 18.2 Å². The molecule has 0 amide bonds. The lowest BCUT2D eigenvalue weighted by Crippen LogP contribution is -2.20. The van der Waals surface area contributed by atoms with Crippen LogP contribution in [0.1, 0.15) is 44.0 Å². The molecule has 5 nitrogen and oxygen atoms in total. The van der Waals surface area contributed by atoms with Gasteiger partial charge in [-0.05, 0) is 24.3 Å². The van der Waals surface area contributed by atoms with Gasteiger partial charge in [0.25, 0.3) is 0 Å². The van der Waals surface area contributed by atoms with Crippen molar-refractivity contribution in [3.8, 4) is 0 Å². The molecule has 0 unspecified atom stereocenters. The maximum Gasteiger partial charge on any atom is 0.416 e. The van der Waals surface area contributed by atoms with Gasteiger partial charge >= 0.3 is 6.18 Å². The van der Waals surface area contributed by atoms with E-state index in [2.05, 4.69) is 5.32 Å². The summed E-state index contributed by atoms with van der Waals surface area (Å²) in [5, 5.41) is 2.50. The Balaban J connectivity index is 1.93. The Bertz CT molecular complexity index is 938. The van der Waals surface area contributed by atoms with Crippen LogP contribution >= 0.6 is 0 Å². The highest BCUT2D eigenvalue weighted by Crippen LogP contribution is 2.32. The quantitative estimate of drug-likeness (QED) is 0.851. The Morgan fingerprint density at radius 3 is 2.52 bits per heavy atom. The minimum atomic E-state index is -4.54. The maximum atomic E-state index is 12.8. The number of hydrogen-bond donors (Lipinski definition) is 1. The van der Waals surface area contributed by atoms with Gasteiger partial charge in [-0.1, -0.05) is 6.07 Å². The predicted octanol–water partition coefficient (Wildman–Crippen LogP) is 3.88. The number of halogens is 3. The van der Waals surface area contributed by atoms with Crippen molar-refractivity contribution in [2.75, 3.05) is 5.32 Å². The van der Waals surface area contributed by atoms with E-state index in [1.807, 2.05) is 0 Å². The topological polar surface area (TPSA) is 76.4 Å². The van der Waals surface area contributed by atoms with Gasteiger partial charge in [-0.25, -0.2) is 0 Å². The molecule has 0 aliphatic heterocycles. The second-order valence-corrected chi connectivity index (χ2v) is 5.36. The number of Topliss-reactive ketones (excluding diaryl/α,β-unsaturated/α-hetero) is 2. The number of carbonyl (C=O) groups is 3. The van der Waals surface area contributed by atoms with Crippen molar-refractivity contribution in [3.05, 3.63) is 64.8 Å². The Kier molecular flexibility index (Phi) is 3.82. The van der Waals surface area contributed by atoms with Gasteiger partial charge in [0, 0.05) is 18.7 Å². The molecule has 1 aliphatic carbocycles. The molecule has 0 spiro atoms. The number of allylic oxidation sites excluding steroid dienone is 2. The molecular formula is C17H10F3NO4. The number of alkyl halides is 3.